The van der Waals surface area contributed by atoms with Crippen LogP contribution in [0.15, 0.2) is 78.0 Å². The molecular weight excluding hydrogens is 458 g/mol. The summed E-state index contributed by atoms with van der Waals surface area (Å²) in [5.74, 6) is 2.05. The van der Waals surface area contributed by atoms with Gasteiger partial charge in [-0.05, 0) is 56.2 Å². The summed E-state index contributed by atoms with van der Waals surface area (Å²) in [6, 6.07) is 23.5. The molecule has 180 valence electrons. The number of urea groups is 1. The van der Waals surface area contributed by atoms with Crippen molar-refractivity contribution in [3.05, 3.63) is 95.3 Å². The number of ether oxygens (including phenoxy) is 1. The summed E-state index contributed by atoms with van der Waals surface area (Å²) in [7, 11) is 0. The molecule has 2 amide bonds. The van der Waals surface area contributed by atoms with Gasteiger partial charge in [-0.1, -0.05) is 65.9 Å². The Labute approximate surface area is 209 Å². The van der Waals surface area contributed by atoms with Crippen LogP contribution in [-0.2, 0) is 12.3 Å². The summed E-state index contributed by atoms with van der Waals surface area (Å²) in [6.07, 6.45) is 0. The number of carbonyl (C=O) groups is 1. The van der Waals surface area contributed by atoms with Crippen molar-refractivity contribution in [2.45, 2.75) is 38.2 Å². The Bertz CT molecular complexity index is 1290. The van der Waals surface area contributed by atoms with Gasteiger partial charge < -0.3 is 15.4 Å². The number of aryl methyl sites for hydroxylation is 2. The number of nitrogens with zero attached hydrogens (tertiary/aromatic N) is 3. The van der Waals surface area contributed by atoms with E-state index >= 15 is 0 Å². The summed E-state index contributed by atoms with van der Waals surface area (Å²) < 4.78 is 7.59. The van der Waals surface area contributed by atoms with E-state index in [0.717, 1.165) is 16.6 Å². The normalized spacial score (nSPS) is 10.7. The van der Waals surface area contributed by atoms with Crippen LogP contribution in [0, 0.1) is 13.8 Å². The van der Waals surface area contributed by atoms with Gasteiger partial charge in [0.05, 0.1) is 18.8 Å². The third kappa shape index (κ3) is 6.22. The van der Waals surface area contributed by atoms with Crippen LogP contribution in [0.4, 0.5) is 10.5 Å². The first-order valence-corrected chi connectivity index (χ1v) is 12.5. The zero-order valence-corrected chi connectivity index (χ0v) is 20.9. The summed E-state index contributed by atoms with van der Waals surface area (Å²) in [5, 5.41) is 15.4. The van der Waals surface area contributed by atoms with E-state index in [1.807, 2.05) is 54.0 Å². The average molecular weight is 488 g/mol. The molecular formula is C27H29N5O2S. The molecule has 8 heteroatoms. The standard InChI is InChI=1S/C27H29N5O2S/c1-4-34-24-12-8-7-11-23(24)29-26(33)28-17-25-30-31-27(32(25)22-15-13-19(2)14-16-22)35-18-21-10-6-5-9-20(21)3/h5-16H,4,17-18H2,1-3H3,(H2,28,29,33). The van der Waals surface area contributed by atoms with Crippen LogP contribution < -0.4 is 15.4 Å². The van der Waals surface area contributed by atoms with Gasteiger partial charge in [0, 0.05) is 11.4 Å². The number of aromatic nitrogens is 3. The number of benzene rings is 3. The van der Waals surface area contributed by atoms with Crippen molar-refractivity contribution >= 4 is 23.5 Å². The van der Waals surface area contributed by atoms with Gasteiger partial charge in [0.15, 0.2) is 11.0 Å². The van der Waals surface area contributed by atoms with Crippen molar-refractivity contribution in [2.75, 3.05) is 11.9 Å². The Morgan fingerprint density at radius 2 is 1.71 bits per heavy atom. The maximum atomic E-state index is 12.6. The molecule has 0 fully saturated rings. The molecule has 0 aliphatic rings. The monoisotopic (exact) mass is 487 g/mol. The number of anilines is 1. The smallest absolute Gasteiger partial charge is 0.319 e. The Morgan fingerprint density at radius 3 is 2.49 bits per heavy atom. The Balaban J connectivity index is 1.51. The number of para-hydroxylation sites is 2. The summed E-state index contributed by atoms with van der Waals surface area (Å²) in [5.41, 5.74) is 5.23. The fourth-order valence-corrected chi connectivity index (χ4v) is 4.60. The van der Waals surface area contributed by atoms with Crippen LogP contribution in [0.3, 0.4) is 0 Å². The van der Waals surface area contributed by atoms with E-state index in [-0.39, 0.29) is 12.6 Å². The average Bonchev–Trinajstić information content (AvgIpc) is 3.27. The number of hydrogen-bond donors (Lipinski definition) is 2. The molecule has 2 N–H and O–H groups in total. The zero-order chi connectivity index (χ0) is 24.6. The second-order valence-corrected chi connectivity index (χ2v) is 8.96. The first-order chi connectivity index (χ1) is 17.0. The van der Waals surface area contributed by atoms with Crippen LogP contribution in [-0.4, -0.2) is 27.4 Å². The van der Waals surface area contributed by atoms with E-state index in [1.165, 1.54) is 16.7 Å². The van der Waals surface area contributed by atoms with Crippen molar-refractivity contribution in [3.63, 3.8) is 0 Å². The minimum atomic E-state index is -0.343. The van der Waals surface area contributed by atoms with Crippen LogP contribution in [0.2, 0.25) is 0 Å². The molecule has 7 nitrogen and oxygen atoms in total. The van der Waals surface area contributed by atoms with Gasteiger partial charge in [-0.15, -0.1) is 10.2 Å². The van der Waals surface area contributed by atoms with Gasteiger partial charge in [-0.25, -0.2) is 4.79 Å². The lowest BCUT2D eigenvalue weighted by atomic mass is 10.1. The second kappa shape index (κ2) is 11.6. The minimum Gasteiger partial charge on any atom is -0.492 e. The first-order valence-electron chi connectivity index (χ1n) is 11.5. The minimum absolute atomic E-state index is 0.217. The third-order valence-electron chi connectivity index (χ3n) is 5.45. The molecule has 1 aromatic heterocycles. The molecule has 0 saturated heterocycles. The van der Waals surface area contributed by atoms with Crippen LogP contribution in [0.25, 0.3) is 5.69 Å². The molecule has 1 heterocycles. The fraction of sp³-hybridized carbons (Fsp3) is 0.222. The number of carbonyl (C=O) groups excluding carboxylic acids is 1. The Morgan fingerprint density at radius 1 is 0.971 bits per heavy atom. The van der Waals surface area contributed by atoms with Crippen LogP contribution >= 0.6 is 11.8 Å². The molecule has 0 saturated carbocycles. The van der Waals surface area contributed by atoms with E-state index in [2.05, 4.69) is 58.9 Å². The summed E-state index contributed by atoms with van der Waals surface area (Å²) in [6.45, 7) is 6.80. The van der Waals surface area contributed by atoms with E-state index in [0.29, 0.717) is 23.9 Å². The van der Waals surface area contributed by atoms with Crippen molar-refractivity contribution < 1.29 is 9.53 Å². The van der Waals surface area contributed by atoms with E-state index in [4.69, 9.17) is 4.74 Å². The topological polar surface area (TPSA) is 81.1 Å². The summed E-state index contributed by atoms with van der Waals surface area (Å²) in [4.78, 5) is 12.6. The van der Waals surface area contributed by atoms with Gasteiger partial charge in [0.2, 0.25) is 0 Å². The molecule has 3 aromatic carbocycles. The molecule has 4 aromatic rings. The van der Waals surface area contributed by atoms with Crippen molar-refractivity contribution in [2.24, 2.45) is 0 Å². The predicted molar refractivity (Wildman–Crippen MR) is 140 cm³/mol. The number of hydrogen-bond acceptors (Lipinski definition) is 5. The van der Waals surface area contributed by atoms with Crippen LogP contribution in [0.5, 0.6) is 5.75 Å². The number of thioether (sulfide) groups is 1. The van der Waals surface area contributed by atoms with Gasteiger partial charge in [-0.2, -0.15) is 0 Å². The fourth-order valence-electron chi connectivity index (χ4n) is 3.55. The quantitative estimate of drug-likeness (QED) is 0.288. The molecule has 0 bridgehead atoms. The highest BCUT2D eigenvalue weighted by atomic mass is 32.2. The summed E-state index contributed by atoms with van der Waals surface area (Å²) >= 11 is 1.62. The van der Waals surface area contributed by atoms with E-state index < -0.39 is 0 Å². The van der Waals surface area contributed by atoms with Crippen LogP contribution in [0.1, 0.15) is 29.4 Å². The van der Waals surface area contributed by atoms with Gasteiger partial charge in [0.1, 0.15) is 5.75 Å². The van der Waals surface area contributed by atoms with Gasteiger partial charge in [-0.3, -0.25) is 4.57 Å². The largest absolute Gasteiger partial charge is 0.492 e. The highest BCUT2D eigenvalue weighted by molar-refractivity contribution is 7.98. The molecule has 35 heavy (non-hydrogen) atoms. The molecule has 0 aliphatic carbocycles. The predicted octanol–water partition coefficient (Wildman–Crippen LogP) is 5.90. The first kappa shape index (κ1) is 24.3. The van der Waals surface area contributed by atoms with E-state index in [1.54, 1.807) is 17.8 Å². The number of amides is 2. The number of rotatable bonds is 9. The molecule has 4 rings (SSSR count). The second-order valence-electron chi connectivity index (χ2n) is 8.02. The number of nitrogens with one attached hydrogen (secondary N) is 2. The molecule has 0 aliphatic heterocycles. The van der Waals surface area contributed by atoms with E-state index in [9.17, 15) is 4.79 Å². The Hall–Kier alpha value is -3.78. The maximum Gasteiger partial charge on any atom is 0.319 e. The van der Waals surface area contributed by atoms with Gasteiger partial charge >= 0.3 is 6.03 Å². The lowest BCUT2D eigenvalue weighted by Gasteiger charge is -2.13. The highest BCUT2D eigenvalue weighted by Gasteiger charge is 2.16. The molecule has 0 atom stereocenters. The molecule has 0 radical (unpaired) electrons. The maximum absolute atomic E-state index is 12.6. The van der Waals surface area contributed by atoms with Crippen molar-refractivity contribution in [3.8, 4) is 11.4 Å². The Kier molecular flexibility index (Phi) is 8.05. The third-order valence-corrected chi connectivity index (χ3v) is 6.43. The molecule has 0 unspecified atom stereocenters. The lowest BCUT2D eigenvalue weighted by Crippen LogP contribution is -2.29. The lowest BCUT2D eigenvalue weighted by molar-refractivity contribution is 0.251. The van der Waals surface area contributed by atoms with Crippen molar-refractivity contribution in [1.29, 1.82) is 0 Å². The van der Waals surface area contributed by atoms with Gasteiger partial charge in [0.25, 0.3) is 0 Å². The van der Waals surface area contributed by atoms with Crippen molar-refractivity contribution in [1.82, 2.24) is 20.1 Å². The SMILES string of the molecule is CCOc1ccccc1NC(=O)NCc1nnc(SCc2ccccc2C)n1-c1ccc(C)cc1. The zero-order valence-electron chi connectivity index (χ0n) is 20.1. The highest BCUT2D eigenvalue weighted by Crippen LogP contribution is 2.27. The molecule has 0 spiro atoms.